The fraction of sp³-hybridized carbons (Fsp3) is 0.280. The maximum absolute atomic E-state index is 6.55. The van der Waals surface area contributed by atoms with Crippen molar-refractivity contribution >= 4 is 17.4 Å². The number of aryl methyl sites for hydroxylation is 2. The van der Waals surface area contributed by atoms with Crippen LogP contribution in [-0.2, 0) is 0 Å². The van der Waals surface area contributed by atoms with Gasteiger partial charge in [-0.1, -0.05) is 72.1 Å². The van der Waals surface area contributed by atoms with Crippen LogP contribution in [0.25, 0.3) is 22.3 Å². The Kier molecular flexibility index (Phi) is 5.27. The summed E-state index contributed by atoms with van der Waals surface area (Å²) >= 11 is 2.10. The first kappa shape index (κ1) is 18.2. The second kappa shape index (κ2) is 7.82. The summed E-state index contributed by atoms with van der Waals surface area (Å²) in [5.41, 5.74) is 16.4. The first-order valence-electron chi connectivity index (χ1n) is 9.81. The van der Waals surface area contributed by atoms with Gasteiger partial charge in [-0.15, -0.1) is 0 Å². The fourth-order valence-electron chi connectivity index (χ4n) is 3.95. The summed E-state index contributed by atoms with van der Waals surface area (Å²) in [6.45, 7) is 4.27. The maximum atomic E-state index is 6.55. The van der Waals surface area contributed by atoms with Crippen LogP contribution in [0.2, 0.25) is 0 Å². The molecule has 1 aliphatic rings. The molecule has 3 aromatic carbocycles. The third kappa shape index (κ3) is 3.77. The van der Waals surface area contributed by atoms with Crippen molar-refractivity contribution in [2.75, 3.05) is 11.5 Å². The number of benzene rings is 3. The minimum Gasteiger partial charge on any atom is -0.398 e. The minimum atomic E-state index is 0.555. The lowest BCUT2D eigenvalue weighted by Gasteiger charge is -2.26. The van der Waals surface area contributed by atoms with E-state index in [9.17, 15) is 0 Å². The van der Waals surface area contributed by atoms with E-state index < -0.39 is 0 Å². The Morgan fingerprint density at radius 3 is 1.89 bits per heavy atom. The molecular formula is C25H27NS. The first-order chi connectivity index (χ1) is 13.1. The van der Waals surface area contributed by atoms with Crippen molar-refractivity contribution in [3.05, 3.63) is 77.4 Å². The summed E-state index contributed by atoms with van der Waals surface area (Å²) in [5.74, 6) is 1.25. The molecule has 27 heavy (non-hydrogen) atoms. The Hall–Kier alpha value is -2.19. The smallest absolute Gasteiger partial charge is 0.0400 e. The highest BCUT2D eigenvalue weighted by Gasteiger charge is 2.23. The van der Waals surface area contributed by atoms with Gasteiger partial charge in [-0.25, -0.2) is 0 Å². The molecule has 0 spiro atoms. The molecule has 1 aliphatic heterocycles. The normalized spacial score (nSPS) is 17.0. The Labute approximate surface area is 167 Å². The van der Waals surface area contributed by atoms with E-state index >= 15 is 0 Å². The van der Waals surface area contributed by atoms with E-state index in [0.29, 0.717) is 5.25 Å². The monoisotopic (exact) mass is 373 g/mol. The minimum absolute atomic E-state index is 0.555. The largest absolute Gasteiger partial charge is 0.398 e. The number of rotatable bonds is 3. The maximum Gasteiger partial charge on any atom is 0.0400 e. The summed E-state index contributed by atoms with van der Waals surface area (Å²) in [7, 11) is 0. The standard InChI is InChI=1S/C25H27NS/c1-17-6-10-19(11-7-17)24-21(23-5-3-4-16-27-23)14-15-22(26)25(24)20-12-8-18(2)9-13-20/h6-15,23H,3-5,16,26H2,1-2H3. The Balaban J connectivity index is 1.95. The molecule has 1 heterocycles. The molecule has 0 amide bonds. The Bertz CT molecular complexity index is 920. The topological polar surface area (TPSA) is 26.0 Å². The predicted octanol–water partition coefficient (Wildman–Crippen LogP) is 7.18. The summed E-state index contributed by atoms with van der Waals surface area (Å²) < 4.78 is 0. The van der Waals surface area contributed by atoms with Crippen LogP contribution in [0.15, 0.2) is 60.7 Å². The zero-order chi connectivity index (χ0) is 18.8. The lowest BCUT2D eigenvalue weighted by Crippen LogP contribution is -2.06. The molecule has 1 unspecified atom stereocenters. The van der Waals surface area contributed by atoms with Gasteiger partial charge in [0.1, 0.15) is 0 Å². The van der Waals surface area contributed by atoms with Crippen LogP contribution < -0.4 is 5.73 Å². The molecule has 4 rings (SSSR count). The third-order valence-electron chi connectivity index (χ3n) is 5.48. The molecule has 3 aromatic rings. The lowest BCUT2D eigenvalue weighted by atomic mass is 9.86. The van der Waals surface area contributed by atoms with Crippen LogP contribution in [0.5, 0.6) is 0 Å². The van der Waals surface area contributed by atoms with Crippen molar-refractivity contribution in [3.8, 4) is 22.3 Å². The van der Waals surface area contributed by atoms with Crippen LogP contribution in [0, 0.1) is 13.8 Å². The quantitative estimate of drug-likeness (QED) is 0.492. The van der Waals surface area contributed by atoms with Crippen LogP contribution in [0.4, 0.5) is 5.69 Å². The summed E-state index contributed by atoms with van der Waals surface area (Å²) in [6.07, 6.45) is 3.90. The van der Waals surface area contributed by atoms with Gasteiger partial charge in [-0.3, -0.25) is 0 Å². The average molecular weight is 374 g/mol. The zero-order valence-corrected chi connectivity index (χ0v) is 17.0. The van der Waals surface area contributed by atoms with Gasteiger partial charge in [0.05, 0.1) is 0 Å². The van der Waals surface area contributed by atoms with Gasteiger partial charge in [-0.2, -0.15) is 11.8 Å². The van der Waals surface area contributed by atoms with E-state index in [2.05, 4.69) is 86.3 Å². The zero-order valence-electron chi connectivity index (χ0n) is 16.2. The molecule has 1 fully saturated rings. The van der Waals surface area contributed by atoms with Gasteiger partial charge in [0.25, 0.3) is 0 Å². The van der Waals surface area contributed by atoms with Gasteiger partial charge < -0.3 is 5.73 Å². The molecule has 1 nitrogen and oxygen atoms in total. The molecule has 1 atom stereocenters. The van der Waals surface area contributed by atoms with E-state index in [1.807, 2.05) is 0 Å². The average Bonchev–Trinajstić information content (AvgIpc) is 2.70. The molecule has 2 N–H and O–H groups in total. The van der Waals surface area contributed by atoms with E-state index in [1.54, 1.807) is 0 Å². The number of hydrogen-bond acceptors (Lipinski definition) is 2. The predicted molar refractivity (Wildman–Crippen MR) is 120 cm³/mol. The molecule has 0 radical (unpaired) electrons. The van der Waals surface area contributed by atoms with Crippen molar-refractivity contribution in [3.63, 3.8) is 0 Å². The lowest BCUT2D eigenvalue weighted by molar-refractivity contribution is 0.687. The van der Waals surface area contributed by atoms with Gasteiger partial charge >= 0.3 is 0 Å². The third-order valence-corrected chi connectivity index (χ3v) is 6.89. The molecule has 0 aliphatic carbocycles. The van der Waals surface area contributed by atoms with E-state index in [1.165, 1.54) is 64.0 Å². The fourth-order valence-corrected chi connectivity index (χ4v) is 5.32. The second-order valence-electron chi connectivity index (χ2n) is 7.58. The van der Waals surface area contributed by atoms with E-state index in [4.69, 9.17) is 5.73 Å². The molecule has 138 valence electrons. The molecular weight excluding hydrogens is 346 g/mol. The SMILES string of the molecule is Cc1ccc(-c2c(N)ccc(C3CCCCS3)c2-c2ccc(C)cc2)cc1. The summed E-state index contributed by atoms with van der Waals surface area (Å²) in [4.78, 5) is 0. The molecule has 1 saturated heterocycles. The molecule has 0 saturated carbocycles. The van der Waals surface area contributed by atoms with Gasteiger partial charge in [0.2, 0.25) is 0 Å². The van der Waals surface area contributed by atoms with Gasteiger partial charge in [0, 0.05) is 16.5 Å². The summed E-state index contributed by atoms with van der Waals surface area (Å²) in [5, 5.41) is 0.555. The van der Waals surface area contributed by atoms with E-state index in [-0.39, 0.29) is 0 Å². The van der Waals surface area contributed by atoms with Crippen LogP contribution >= 0.6 is 11.8 Å². The number of thioether (sulfide) groups is 1. The Morgan fingerprint density at radius 2 is 1.33 bits per heavy atom. The van der Waals surface area contributed by atoms with Crippen LogP contribution in [-0.4, -0.2) is 5.75 Å². The number of anilines is 1. The molecule has 0 bridgehead atoms. The Morgan fingerprint density at radius 1 is 0.741 bits per heavy atom. The molecule has 0 aromatic heterocycles. The molecule has 2 heteroatoms. The highest BCUT2D eigenvalue weighted by atomic mass is 32.2. The number of nitrogens with two attached hydrogens (primary N) is 1. The van der Waals surface area contributed by atoms with Crippen molar-refractivity contribution < 1.29 is 0 Å². The highest BCUT2D eigenvalue weighted by molar-refractivity contribution is 7.99. The van der Waals surface area contributed by atoms with E-state index in [0.717, 1.165) is 5.69 Å². The first-order valence-corrected chi connectivity index (χ1v) is 10.9. The van der Waals surface area contributed by atoms with Crippen LogP contribution in [0.1, 0.15) is 41.2 Å². The van der Waals surface area contributed by atoms with Crippen molar-refractivity contribution in [2.24, 2.45) is 0 Å². The number of nitrogen functional groups attached to an aromatic ring is 1. The van der Waals surface area contributed by atoms with Gasteiger partial charge in [-0.05, 0) is 60.8 Å². The van der Waals surface area contributed by atoms with Crippen molar-refractivity contribution in [1.82, 2.24) is 0 Å². The van der Waals surface area contributed by atoms with Gasteiger partial charge in [0.15, 0.2) is 0 Å². The van der Waals surface area contributed by atoms with Crippen molar-refractivity contribution in [2.45, 2.75) is 38.4 Å². The number of hydrogen-bond donors (Lipinski definition) is 1. The second-order valence-corrected chi connectivity index (χ2v) is 8.89. The summed E-state index contributed by atoms with van der Waals surface area (Å²) in [6, 6.07) is 22.0. The highest BCUT2D eigenvalue weighted by Crippen LogP contribution is 2.47. The van der Waals surface area contributed by atoms with Crippen molar-refractivity contribution in [1.29, 1.82) is 0 Å². The van der Waals surface area contributed by atoms with Crippen LogP contribution in [0.3, 0.4) is 0 Å².